The molecular weight excluding hydrogens is 508 g/mol. The smallest absolute Gasteiger partial charge is 0.263 e. The number of methoxy groups -OCH3 is 1. The fourth-order valence-corrected chi connectivity index (χ4v) is 4.65. The molecule has 0 unspecified atom stereocenters. The lowest BCUT2D eigenvalue weighted by Gasteiger charge is -2.14. The summed E-state index contributed by atoms with van der Waals surface area (Å²) in [4.78, 5) is 25.7. The summed E-state index contributed by atoms with van der Waals surface area (Å²) in [7, 11) is 1.51. The fraction of sp³-hybridized carbons (Fsp3) is 0.150. The molecule has 2 aromatic rings. The average molecular weight is 525 g/mol. The fourth-order valence-electron chi connectivity index (χ4n) is 2.57. The first kappa shape index (κ1) is 22.7. The van der Waals surface area contributed by atoms with Gasteiger partial charge in [-0.15, -0.1) is 11.8 Å². The van der Waals surface area contributed by atoms with E-state index in [4.69, 9.17) is 21.7 Å². The Balaban J connectivity index is 1.71. The average Bonchev–Trinajstić information content (AvgIpc) is 3.03. The van der Waals surface area contributed by atoms with E-state index >= 15 is 0 Å². The van der Waals surface area contributed by atoms with Crippen molar-refractivity contribution in [3.05, 3.63) is 51.3 Å². The molecule has 30 heavy (non-hydrogen) atoms. The van der Waals surface area contributed by atoms with Crippen molar-refractivity contribution in [2.45, 2.75) is 4.90 Å². The van der Waals surface area contributed by atoms with E-state index in [1.165, 1.54) is 18.9 Å². The molecule has 2 aromatic carbocycles. The van der Waals surface area contributed by atoms with Crippen molar-refractivity contribution in [2.75, 3.05) is 25.3 Å². The maximum atomic E-state index is 12.3. The van der Waals surface area contributed by atoms with Crippen molar-refractivity contribution < 1.29 is 19.1 Å². The topological polar surface area (TPSA) is 76.7 Å². The van der Waals surface area contributed by atoms with E-state index in [2.05, 4.69) is 26.6 Å². The summed E-state index contributed by atoms with van der Waals surface area (Å²) in [6.07, 6.45) is 3.68. The number of rotatable bonds is 7. The summed E-state index contributed by atoms with van der Waals surface area (Å²) < 4.78 is 12.1. The third kappa shape index (κ3) is 5.78. The number of nitrogens with one attached hydrogen (secondary N) is 2. The summed E-state index contributed by atoms with van der Waals surface area (Å²) in [6.45, 7) is -0.189. The van der Waals surface area contributed by atoms with Gasteiger partial charge in [0, 0.05) is 10.6 Å². The van der Waals surface area contributed by atoms with Gasteiger partial charge in [-0.25, -0.2) is 0 Å². The van der Waals surface area contributed by atoms with Crippen LogP contribution in [0, 0.1) is 0 Å². The Morgan fingerprint density at radius 1 is 1.37 bits per heavy atom. The van der Waals surface area contributed by atoms with Gasteiger partial charge >= 0.3 is 0 Å². The van der Waals surface area contributed by atoms with Gasteiger partial charge in [-0.3, -0.25) is 9.59 Å². The van der Waals surface area contributed by atoms with Crippen LogP contribution in [0.25, 0.3) is 6.08 Å². The molecule has 1 aliphatic heterocycles. The molecule has 0 bridgehead atoms. The predicted octanol–water partition coefficient (Wildman–Crippen LogP) is 4.69. The Labute approximate surface area is 196 Å². The molecule has 1 heterocycles. The maximum Gasteiger partial charge on any atom is 0.263 e. The van der Waals surface area contributed by atoms with E-state index < -0.39 is 0 Å². The third-order valence-corrected chi connectivity index (χ3v) is 6.37. The monoisotopic (exact) mass is 524 g/mol. The molecule has 0 atom stereocenters. The molecule has 3 rings (SSSR count). The summed E-state index contributed by atoms with van der Waals surface area (Å²) in [5.41, 5.74) is 1.43. The molecule has 1 saturated heterocycles. The van der Waals surface area contributed by atoms with Gasteiger partial charge in [0.15, 0.2) is 18.1 Å². The number of carbonyl (C=O) groups excluding carboxylic acids is 2. The van der Waals surface area contributed by atoms with Crippen LogP contribution in [0.3, 0.4) is 0 Å². The number of ether oxygens (including phenoxy) is 2. The number of anilines is 1. The van der Waals surface area contributed by atoms with E-state index in [-0.39, 0.29) is 18.4 Å². The number of carbonyl (C=O) groups is 2. The van der Waals surface area contributed by atoms with Crippen LogP contribution in [0.15, 0.2) is 50.7 Å². The van der Waals surface area contributed by atoms with Gasteiger partial charge in [0.2, 0.25) is 0 Å². The van der Waals surface area contributed by atoms with Crippen molar-refractivity contribution in [3.63, 3.8) is 0 Å². The van der Waals surface area contributed by atoms with Crippen molar-refractivity contribution >= 4 is 79.6 Å². The molecule has 6 nitrogen and oxygen atoms in total. The van der Waals surface area contributed by atoms with Gasteiger partial charge in [0.25, 0.3) is 11.8 Å². The molecule has 2 amide bonds. The SMILES string of the molecule is COc1cc(/C=C2/SC(=S)NC2=O)cc(Br)c1OCC(=O)Nc1cccc(SC)c1. The Morgan fingerprint density at radius 3 is 2.83 bits per heavy atom. The van der Waals surface area contributed by atoms with Crippen molar-refractivity contribution in [3.8, 4) is 11.5 Å². The molecule has 2 N–H and O–H groups in total. The van der Waals surface area contributed by atoms with Crippen molar-refractivity contribution in [2.24, 2.45) is 0 Å². The third-order valence-electron chi connectivity index (χ3n) is 3.89. The first-order valence-electron chi connectivity index (χ1n) is 8.58. The van der Waals surface area contributed by atoms with Crippen LogP contribution in [-0.2, 0) is 9.59 Å². The number of thiocarbonyl (C=S) groups is 1. The Hall–Kier alpha value is -2.01. The molecule has 0 saturated carbocycles. The van der Waals surface area contributed by atoms with E-state index in [9.17, 15) is 9.59 Å². The summed E-state index contributed by atoms with van der Waals surface area (Å²) >= 11 is 11.2. The highest BCUT2D eigenvalue weighted by molar-refractivity contribution is 9.10. The second-order valence-electron chi connectivity index (χ2n) is 5.96. The van der Waals surface area contributed by atoms with E-state index in [1.54, 1.807) is 30.0 Å². The van der Waals surface area contributed by atoms with E-state index in [0.717, 1.165) is 10.5 Å². The number of amides is 2. The van der Waals surface area contributed by atoms with Crippen LogP contribution in [0.4, 0.5) is 5.69 Å². The van der Waals surface area contributed by atoms with Gasteiger partial charge in [0.1, 0.15) is 4.32 Å². The first-order valence-corrected chi connectivity index (χ1v) is 11.8. The molecule has 0 spiro atoms. The zero-order chi connectivity index (χ0) is 21.7. The summed E-state index contributed by atoms with van der Waals surface area (Å²) in [5, 5.41) is 5.39. The van der Waals surface area contributed by atoms with Gasteiger partial charge in [0.05, 0.1) is 16.5 Å². The Kier molecular flexibility index (Phi) is 7.81. The molecule has 156 valence electrons. The highest BCUT2D eigenvalue weighted by Gasteiger charge is 2.22. The lowest BCUT2D eigenvalue weighted by molar-refractivity contribution is -0.118. The predicted molar refractivity (Wildman–Crippen MR) is 129 cm³/mol. The summed E-state index contributed by atoms with van der Waals surface area (Å²) in [5.74, 6) is 0.301. The lowest BCUT2D eigenvalue weighted by Crippen LogP contribution is -2.20. The van der Waals surface area contributed by atoms with Gasteiger partial charge < -0.3 is 20.1 Å². The van der Waals surface area contributed by atoms with Crippen molar-refractivity contribution in [1.82, 2.24) is 5.32 Å². The molecule has 1 fully saturated rings. The van der Waals surface area contributed by atoms with Crippen molar-refractivity contribution in [1.29, 1.82) is 0 Å². The first-order chi connectivity index (χ1) is 14.4. The molecule has 10 heteroatoms. The highest BCUT2D eigenvalue weighted by atomic mass is 79.9. The normalized spacial score (nSPS) is 14.6. The van der Waals surface area contributed by atoms with E-state index in [0.29, 0.717) is 30.9 Å². The zero-order valence-electron chi connectivity index (χ0n) is 16.0. The Bertz CT molecular complexity index is 1040. The number of thioether (sulfide) groups is 2. The number of hydrogen-bond acceptors (Lipinski definition) is 7. The van der Waals surface area contributed by atoms with Crippen LogP contribution < -0.4 is 20.1 Å². The number of halogens is 1. The second kappa shape index (κ2) is 10.3. The second-order valence-corrected chi connectivity index (χ2v) is 9.41. The largest absolute Gasteiger partial charge is 0.493 e. The van der Waals surface area contributed by atoms with Crippen LogP contribution >= 0.6 is 51.7 Å². The van der Waals surface area contributed by atoms with Gasteiger partial charge in [-0.1, -0.05) is 30.0 Å². The van der Waals surface area contributed by atoms with Crippen LogP contribution in [0.2, 0.25) is 0 Å². The highest BCUT2D eigenvalue weighted by Crippen LogP contribution is 2.38. The van der Waals surface area contributed by atoms with Gasteiger partial charge in [-0.2, -0.15) is 0 Å². The number of hydrogen-bond donors (Lipinski definition) is 2. The van der Waals surface area contributed by atoms with Crippen LogP contribution in [0.1, 0.15) is 5.56 Å². The number of benzene rings is 2. The quantitative estimate of drug-likeness (QED) is 0.309. The van der Waals surface area contributed by atoms with Crippen LogP contribution in [-0.4, -0.2) is 36.1 Å². The molecular formula is C20H17BrN2O4S3. The molecule has 0 aromatic heterocycles. The Morgan fingerprint density at radius 2 is 2.17 bits per heavy atom. The molecule has 0 aliphatic carbocycles. The minimum absolute atomic E-state index is 0.189. The maximum absolute atomic E-state index is 12.3. The zero-order valence-corrected chi connectivity index (χ0v) is 20.0. The molecule has 0 radical (unpaired) electrons. The lowest BCUT2D eigenvalue weighted by atomic mass is 10.2. The van der Waals surface area contributed by atoms with E-state index in [1.807, 2.05) is 30.5 Å². The summed E-state index contributed by atoms with van der Waals surface area (Å²) in [6, 6.07) is 11.1. The van der Waals surface area contributed by atoms with Crippen LogP contribution in [0.5, 0.6) is 11.5 Å². The molecule has 1 aliphatic rings. The minimum atomic E-state index is -0.291. The van der Waals surface area contributed by atoms with Gasteiger partial charge in [-0.05, 0) is 64.2 Å². The minimum Gasteiger partial charge on any atom is -0.493 e. The standard InChI is InChI=1S/C20H17BrN2O4S3/c1-26-15-7-11(8-16-19(25)23-20(28)30-16)6-14(21)18(15)27-10-17(24)22-12-4-3-5-13(9-12)29-2/h3-9H,10H2,1-2H3,(H,22,24)(H,23,25,28)/b16-8+.